The second-order valence-electron chi connectivity index (χ2n) is 5.88. The number of para-hydroxylation sites is 1. The van der Waals surface area contributed by atoms with Crippen LogP contribution in [0.1, 0.15) is 31.1 Å². The Balaban J connectivity index is 1.83. The van der Waals surface area contributed by atoms with Crippen LogP contribution in [0.5, 0.6) is 0 Å². The Morgan fingerprint density at radius 3 is 3.11 bits per heavy atom. The summed E-state index contributed by atoms with van der Waals surface area (Å²) in [4.78, 5) is 4.58. The molecule has 19 heavy (non-hydrogen) atoms. The molecule has 2 heterocycles. The molecule has 1 saturated carbocycles. The fraction of sp³-hybridized carbons (Fsp3) is 0.533. The molecule has 3 unspecified atom stereocenters. The maximum Gasteiger partial charge on any atom is 0.151 e. The number of hydrogen-bond acceptors (Lipinski definition) is 2. The van der Waals surface area contributed by atoms with Crippen LogP contribution < -0.4 is 5.32 Å². The fourth-order valence-corrected chi connectivity index (χ4v) is 3.95. The second-order valence-corrected chi connectivity index (χ2v) is 5.88. The van der Waals surface area contributed by atoms with Crippen LogP contribution in [0, 0.1) is 17.7 Å². The first-order valence-corrected chi connectivity index (χ1v) is 7.10. The lowest BCUT2D eigenvalue weighted by Crippen LogP contribution is -2.21. The molecule has 0 bridgehead atoms. The van der Waals surface area contributed by atoms with E-state index in [0.29, 0.717) is 17.5 Å². The lowest BCUT2D eigenvalue weighted by Gasteiger charge is -2.17. The quantitative estimate of drug-likeness (QED) is 0.853. The fourth-order valence-electron chi connectivity index (χ4n) is 3.95. The molecule has 2 fully saturated rings. The Morgan fingerprint density at radius 1 is 1.37 bits per heavy atom. The Labute approximate surface area is 111 Å². The Kier molecular flexibility index (Phi) is 2.42. The third kappa shape index (κ3) is 1.56. The average Bonchev–Trinajstić information content (AvgIpc) is 3.05. The lowest BCUT2D eigenvalue weighted by molar-refractivity contribution is 0.402. The molecule has 4 rings (SSSR count). The molecule has 1 aromatic heterocycles. The third-order valence-corrected chi connectivity index (χ3v) is 4.92. The summed E-state index contributed by atoms with van der Waals surface area (Å²) in [5.74, 6) is 2.24. The molecule has 2 aliphatic rings. The van der Waals surface area contributed by atoms with Crippen LogP contribution in [0.25, 0.3) is 11.0 Å². The second kappa shape index (κ2) is 4.04. The minimum Gasteiger partial charge on any atom is -0.330 e. The normalized spacial score (nSPS) is 30.1. The third-order valence-electron chi connectivity index (χ3n) is 4.92. The van der Waals surface area contributed by atoms with Crippen molar-refractivity contribution >= 4 is 11.0 Å². The van der Waals surface area contributed by atoms with E-state index in [-0.39, 0.29) is 5.82 Å². The van der Waals surface area contributed by atoms with Crippen LogP contribution in [-0.4, -0.2) is 16.1 Å². The topological polar surface area (TPSA) is 29.9 Å². The van der Waals surface area contributed by atoms with Crippen LogP contribution in [-0.2, 0) is 7.05 Å². The van der Waals surface area contributed by atoms with Crippen LogP contribution in [0.15, 0.2) is 18.2 Å². The number of benzene rings is 1. The number of fused-ring (bicyclic) bond motifs is 2. The highest BCUT2D eigenvalue weighted by molar-refractivity contribution is 5.76. The van der Waals surface area contributed by atoms with Crippen molar-refractivity contribution in [1.29, 1.82) is 0 Å². The minimum atomic E-state index is -0.222. The molecule has 1 N–H and O–H groups in total. The molecule has 0 spiro atoms. The van der Waals surface area contributed by atoms with Gasteiger partial charge in [-0.05, 0) is 43.4 Å². The summed E-state index contributed by atoms with van der Waals surface area (Å²) in [5, 5.41) is 3.59. The van der Waals surface area contributed by atoms with Crippen molar-refractivity contribution < 1.29 is 4.39 Å². The minimum absolute atomic E-state index is 0.222. The number of halogens is 1. The van der Waals surface area contributed by atoms with Gasteiger partial charge in [0.15, 0.2) is 5.82 Å². The van der Waals surface area contributed by atoms with Gasteiger partial charge in [-0.15, -0.1) is 0 Å². The maximum atomic E-state index is 13.8. The molecule has 1 aliphatic heterocycles. The summed E-state index contributed by atoms with van der Waals surface area (Å²) in [5.41, 5.74) is 1.39. The molecule has 100 valence electrons. The predicted molar refractivity (Wildman–Crippen MR) is 72.2 cm³/mol. The summed E-state index contributed by atoms with van der Waals surface area (Å²) in [6, 6.07) is 5.48. The summed E-state index contributed by atoms with van der Waals surface area (Å²) in [6.45, 7) is 1.08. The van der Waals surface area contributed by atoms with E-state index in [9.17, 15) is 4.39 Å². The first kappa shape index (κ1) is 11.4. The van der Waals surface area contributed by atoms with Gasteiger partial charge in [0.2, 0.25) is 0 Å². The zero-order chi connectivity index (χ0) is 13.0. The van der Waals surface area contributed by atoms with E-state index < -0.39 is 0 Å². The first-order chi connectivity index (χ1) is 9.25. The predicted octanol–water partition coefficient (Wildman–Crippen LogP) is 2.77. The number of imidazole rings is 1. The van der Waals surface area contributed by atoms with Crippen molar-refractivity contribution in [1.82, 2.24) is 14.9 Å². The number of aryl methyl sites for hydroxylation is 1. The summed E-state index contributed by atoms with van der Waals surface area (Å²) >= 11 is 0. The van der Waals surface area contributed by atoms with Gasteiger partial charge in [0.25, 0.3) is 0 Å². The highest BCUT2D eigenvalue weighted by Gasteiger charge is 2.41. The molecule has 2 aromatic rings. The Hall–Kier alpha value is -1.42. The van der Waals surface area contributed by atoms with Crippen molar-refractivity contribution in [3.8, 4) is 0 Å². The van der Waals surface area contributed by atoms with Gasteiger partial charge in [-0.25, -0.2) is 9.37 Å². The number of aromatic nitrogens is 2. The molecule has 4 heteroatoms. The van der Waals surface area contributed by atoms with E-state index >= 15 is 0 Å². The van der Waals surface area contributed by atoms with Crippen molar-refractivity contribution in [2.45, 2.75) is 25.3 Å². The Morgan fingerprint density at radius 2 is 2.26 bits per heavy atom. The molecule has 3 atom stereocenters. The van der Waals surface area contributed by atoms with Crippen molar-refractivity contribution in [3.63, 3.8) is 0 Å². The van der Waals surface area contributed by atoms with Gasteiger partial charge < -0.3 is 9.88 Å². The maximum absolute atomic E-state index is 13.8. The largest absolute Gasteiger partial charge is 0.330 e. The van der Waals surface area contributed by atoms with E-state index in [1.807, 2.05) is 13.1 Å². The van der Waals surface area contributed by atoms with Crippen LogP contribution in [0.4, 0.5) is 4.39 Å². The standard InChI is InChI=1S/C15H18FN3/c1-19-12-7-3-6-11(16)14(12)18-15(19)13-10-5-2-4-9(10)8-17-13/h3,6-7,9-10,13,17H,2,4-5,8H2,1H3. The zero-order valence-electron chi connectivity index (χ0n) is 11.1. The summed E-state index contributed by atoms with van der Waals surface area (Å²) in [7, 11) is 1.99. The highest BCUT2D eigenvalue weighted by Crippen LogP contribution is 2.44. The van der Waals surface area contributed by atoms with Crippen LogP contribution in [0.2, 0.25) is 0 Å². The summed E-state index contributed by atoms with van der Waals surface area (Å²) in [6.07, 6.45) is 3.92. The van der Waals surface area contributed by atoms with Gasteiger partial charge in [0.1, 0.15) is 11.3 Å². The molecular formula is C15H18FN3. The summed E-state index contributed by atoms with van der Waals surface area (Å²) < 4.78 is 15.9. The van der Waals surface area contributed by atoms with Gasteiger partial charge in [0, 0.05) is 7.05 Å². The van der Waals surface area contributed by atoms with E-state index in [2.05, 4.69) is 14.9 Å². The zero-order valence-corrected chi connectivity index (χ0v) is 11.1. The van der Waals surface area contributed by atoms with Gasteiger partial charge in [-0.1, -0.05) is 12.5 Å². The lowest BCUT2D eigenvalue weighted by atomic mass is 9.94. The van der Waals surface area contributed by atoms with Crippen molar-refractivity contribution in [2.24, 2.45) is 18.9 Å². The molecule has 3 nitrogen and oxygen atoms in total. The molecule has 0 radical (unpaired) electrons. The molecule has 1 saturated heterocycles. The molecule has 0 amide bonds. The van der Waals surface area contributed by atoms with Gasteiger partial charge in [0.05, 0.1) is 11.6 Å². The van der Waals surface area contributed by atoms with Crippen LogP contribution in [0.3, 0.4) is 0 Å². The van der Waals surface area contributed by atoms with E-state index in [1.165, 1.54) is 25.3 Å². The first-order valence-electron chi connectivity index (χ1n) is 7.10. The molecule has 1 aliphatic carbocycles. The smallest absolute Gasteiger partial charge is 0.151 e. The monoisotopic (exact) mass is 259 g/mol. The number of nitrogens with zero attached hydrogens (tertiary/aromatic N) is 2. The van der Waals surface area contributed by atoms with Crippen molar-refractivity contribution in [2.75, 3.05) is 6.54 Å². The number of nitrogens with one attached hydrogen (secondary N) is 1. The number of hydrogen-bond donors (Lipinski definition) is 1. The molecular weight excluding hydrogens is 241 g/mol. The van der Waals surface area contributed by atoms with Gasteiger partial charge >= 0.3 is 0 Å². The highest BCUT2D eigenvalue weighted by atomic mass is 19.1. The van der Waals surface area contributed by atoms with E-state index in [1.54, 1.807) is 6.07 Å². The van der Waals surface area contributed by atoms with Gasteiger partial charge in [-0.2, -0.15) is 0 Å². The van der Waals surface area contributed by atoms with E-state index in [0.717, 1.165) is 23.8 Å². The average molecular weight is 259 g/mol. The Bertz CT molecular complexity index is 634. The van der Waals surface area contributed by atoms with Crippen LogP contribution >= 0.6 is 0 Å². The number of rotatable bonds is 1. The molecule has 1 aromatic carbocycles. The SMILES string of the molecule is Cn1c(C2NCC3CCCC32)nc2c(F)cccc21. The van der Waals surface area contributed by atoms with Crippen molar-refractivity contribution in [3.05, 3.63) is 29.8 Å². The van der Waals surface area contributed by atoms with Gasteiger partial charge in [-0.3, -0.25) is 0 Å². The van der Waals surface area contributed by atoms with E-state index in [4.69, 9.17) is 0 Å².